The summed E-state index contributed by atoms with van der Waals surface area (Å²) in [6.45, 7) is 1.98. The molecule has 1 fully saturated rings. The summed E-state index contributed by atoms with van der Waals surface area (Å²) in [6.07, 6.45) is 3.94. The van der Waals surface area contributed by atoms with Crippen LogP contribution in [0.4, 0.5) is 11.8 Å². The summed E-state index contributed by atoms with van der Waals surface area (Å²) >= 11 is 6.18. The minimum atomic E-state index is 0.615. The maximum absolute atomic E-state index is 6.18. The number of nitrogens with zero attached hydrogens (tertiary/aromatic N) is 4. The van der Waals surface area contributed by atoms with E-state index in [1.165, 1.54) is 0 Å². The van der Waals surface area contributed by atoms with Gasteiger partial charge in [0.05, 0.1) is 6.20 Å². The molecule has 100 valence electrons. The van der Waals surface area contributed by atoms with E-state index in [9.17, 15) is 0 Å². The summed E-state index contributed by atoms with van der Waals surface area (Å²) in [5, 5.41) is 3.57. The van der Waals surface area contributed by atoms with Crippen molar-refractivity contribution in [2.24, 2.45) is 0 Å². The Bertz CT molecular complexity index is 401. The predicted molar refractivity (Wildman–Crippen MR) is 75.5 cm³/mol. The first kappa shape index (κ1) is 13.4. The van der Waals surface area contributed by atoms with Crippen molar-refractivity contribution >= 4 is 23.4 Å². The van der Waals surface area contributed by atoms with E-state index < -0.39 is 0 Å². The van der Waals surface area contributed by atoms with Crippen molar-refractivity contribution in [3.63, 3.8) is 0 Å². The van der Waals surface area contributed by atoms with Crippen molar-refractivity contribution in [1.29, 1.82) is 0 Å². The third-order valence-electron chi connectivity index (χ3n) is 3.44. The van der Waals surface area contributed by atoms with Gasteiger partial charge in [-0.1, -0.05) is 11.6 Å². The smallest absolute Gasteiger partial charge is 0.224 e. The van der Waals surface area contributed by atoms with Gasteiger partial charge in [0, 0.05) is 26.2 Å². The molecule has 0 bridgehead atoms. The maximum atomic E-state index is 6.18. The number of hydrogen-bond donors (Lipinski definition) is 1. The first-order valence-corrected chi connectivity index (χ1v) is 6.61. The van der Waals surface area contributed by atoms with Gasteiger partial charge in [0.15, 0.2) is 5.82 Å². The van der Waals surface area contributed by atoms with E-state index in [-0.39, 0.29) is 0 Å². The summed E-state index contributed by atoms with van der Waals surface area (Å²) in [6, 6.07) is 0.658. The topological polar surface area (TPSA) is 44.3 Å². The Labute approximate surface area is 113 Å². The average Bonchev–Trinajstić information content (AvgIpc) is 2.39. The van der Waals surface area contributed by atoms with E-state index in [1.54, 1.807) is 6.20 Å². The molecule has 1 N–H and O–H groups in total. The first-order chi connectivity index (χ1) is 8.61. The molecule has 1 aromatic heterocycles. The summed E-state index contributed by atoms with van der Waals surface area (Å²) in [4.78, 5) is 13.1. The van der Waals surface area contributed by atoms with Gasteiger partial charge in [0.25, 0.3) is 0 Å². The van der Waals surface area contributed by atoms with Crippen molar-refractivity contribution in [3.05, 3.63) is 11.2 Å². The van der Waals surface area contributed by atoms with Gasteiger partial charge in [-0.05, 0) is 26.9 Å². The van der Waals surface area contributed by atoms with Crippen LogP contribution >= 0.6 is 11.6 Å². The highest BCUT2D eigenvalue weighted by molar-refractivity contribution is 6.32. The first-order valence-electron chi connectivity index (χ1n) is 6.23. The molecule has 6 heteroatoms. The van der Waals surface area contributed by atoms with Gasteiger partial charge in [-0.25, -0.2) is 4.98 Å². The van der Waals surface area contributed by atoms with E-state index in [4.69, 9.17) is 11.6 Å². The fourth-order valence-corrected chi connectivity index (χ4v) is 2.50. The van der Waals surface area contributed by atoms with Crippen LogP contribution in [0, 0.1) is 0 Å². The third-order valence-corrected chi connectivity index (χ3v) is 3.71. The molecule has 0 aromatic carbocycles. The zero-order valence-corrected chi connectivity index (χ0v) is 11.9. The van der Waals surface area contributed by atoms with Crippen molar-refractivity contribution in [1.82, 2.24) is 14.9 Å². The number of nitrogens with one attached hydrogen (secondary N) is 1. The summed E-state index contributed by atoms with van der Waals surface area (Å²) in [7, 11) is 6.08. The lowest BCUT2D eigenvalue weighted by Crippen LogP contribution is -2.42. The highest BCUT2D eigenvalue weighted by Gasteiger charge is 2.23. The number of halogens is 1. The maximum Gasteiger partial charge on any atom is 0.224 e. The standard InChI is InChI=1S/C12H20ClN5/c1-14-12-15-8-10(13)11(16-12)18-6-4-9(5-7-18)17(2)3/h8-9H,4-7H2,1-3H3,(H,14,15,16). The van der Waals surface area contributed by atoms with Crippen LogP contribution in [0.3, 0.4) is 0 Å². The quantitative estimate of drug-likeness (QED) is 0.905. The molecule has 0 spiro atoms. The highest BCUT2D eigenvalue weighted by Crippen LogP contribution is 2.27. The van der Waals surface area contributed by atoms with Crippen molar-refractivity contribution in [2.45, 2.75) is 18.9 Å². The molecule has 2 rings (SSSR count). The Morgan fingerprint density at radius 1 is 1.39 bits per heavy atom. The molecule has 1 aliphatic rings. The molecule has 5 nitrogen and oxygen atoms in total. The second-order valence-corrected chi connectivity index (χ2v) is 5.20. The number of piperidine rings is 1. The number of rotatable bonds is 3. The molecule has 0 atom stereocenters. The SMILES string of the molecule is CNc1ncc(Cl)c(N2CCC(N(C)C)CC2)n1. The monoisotopic (exact) mass is 269 g/mol. The van der Waals surface area contributed by atoms with Crippen LogP contribution in [0.5, 0.6) is 0 Å². The lowest BCUT2D eigenvalue weighted by Gasteiger charge is -2.36. The van der Waals surface area contributed by atoms with Crippen molar-refractivity contribution in [2.75, 3.05) is 44.4 Å². The van der Waals surface area contributed by atoms with Gasteiger partial charge in [0.1, 0.15) is 5.02 Å². The fourth-order valence-electron chi connectivity index (χ4n) is 2.29. The highest BCUT2D eigenvalue weighted by atomic mass is 35.5. The largest absolute Gasteiger partial charge is 0.357 e. The van der Waals surface area contributed by atoms with E-state index >= 15 is 0 Å². The molecule has 2 heterocycles. The molecule has 18 heavy (non-hydrogen) atoms. The van der Waals surface area contributed by atoms with Crippen LogP contribution in [-0.4, -0.2) is 55.1 Å². The third kappa shape index (κ3) is 2.84. The van der Waals surface area contributed by atoms with Crippen molar-refractivity contribution < 1.29 is 0 Å². The predicted octanol–water partition coefficient (Wildman–Crippen LogP) is 1.70. The van der Waals surface area contributed by atoms with Crippen LogP contribution in [0.1, 0.15) is 12.8 Å². The fraction of sp³-hybridized carbons (Fsp3) is 0.667. The Kier molecular flexibility index (Phi) is 4.24. The van der Waals surface area contributed by atoms with Crippen LogP contribution in [0.2, 0.25) is 5.02 Å². The second-order valence-electron chi connectivity index (χ2n) is 4.80. The van der Waals surface area contributed by atoms with Gasteiger partial charge >= 0.3 is 0 Å². The van der Waals surface area contributed by atoms with Gasteiger partial charge < -0.3 is 15.1 Å². The van der Waals surface area contributed by atoms with Crippen molar-refractivity contribution in [3.8, 4) is 0 Å². The van der Waals surface area contributed by atoms with Crippen LogP contribution in [0.15, 0.2) is 6.20 Å². The zero-order chi connectivity index (χ0) is 13.1. The van der Waals surface area contributed by atoms with E-state index in [1.807, 2.05) is 7.05 Å². The van der Waals surface area contributed by atoms with Gasteiger partial charge in [-0.3, -0.25) is 0 Å². The lowest BCUT2D eigenvalue weighted by molar-refractivity contribution is 0.249. The van der Waals surface area contributed by atoms with E-state index in [0.29, 0.717) is 17.0 Å². The molecule has 1 aromatic rings. The summed E-state index contributed by atoms with van der Waals surface area (Å²) in [5.41, 5.74) is 0. The van der Waals surface area contributed by atoms with E-state index in [2.05, 4.69) is 39.2 Å². The minimum Gasteiger partial charge on any atom is -0.357 e. The molecule has 0 radical (unpaired) electrons. The molecule has 1 saturated heterocycles. The molecule has 0 saturated carbocycles. The van der Waals surface area contributed by atoms with Gasteiger partial charge in [-0.2, -0.15) is 4.98 Å². The zero-order valence-electron chi connectivity index (χ0n) is 11.1. The van der Waals surface area contributed by atoms with E-state index in [0.717, 1.165) is 31.7 Å². The summed E-state index contributed by atoms with van der Waals surface area (Å²) in [5.74, 6) is 1.46. The molecule has 1 aliphatic heterocycles. The second kappa shape index (κ2) is 5.71. The number of hydrogen-bond acceptors (Lipinski definition) is 5. The summed E-state index contributed by atoms with van der Waals surface area (Å²) < 4.78 is 0. The van der Waals surface area contributed by atoms with Crippen LogP contribution < -0.4 is 10.2 Å². The Hall–Kier alpha value is -1.07. The normalized spacial score (nSPS) is 17.3. The Morgan fingerprint density at radius 3 is 2.61 bits per heavy atom. The van der Waals surface area contributed by atoms with Gasteiger partial charge in [0.2, 0.25) is 5.95 Å². The Morgan fingerprint density at radius 2 is 2.06 bits per heavy atom. The van der Waals surface area contributed by atoms with Crippen LogP contribution in [0.25, 0.3) is 0 Å². The molecular weight excluding hydrogens is 250 g/mol. The minimum absolute atomic E-state index is 0.615. The number of anilines is 2. The lowest BCUT2D eigenvalue weighted by atomic mass is 10.0. The molecule has 0 amide bonds. The molecule has 0 aliphatic carbocycles. The Balaban J connectivity index is 2.09. The van der Waals surface area contributed by atoms with Crippen LogP contribution in [-0.2, 0) is 0 Å². The molecule has 0 unspecified atom stereocenters. The van der Waals surface area contributed by atoms with Gasteiger partial charge in [-0.15, -0.1) is 0 Å². The molecular formula is C12H20ClN5. The number of aromatic nitrogens is 2. The average molecular weight is 270 g/mol.